The van der Waals surface area contributed by atoms with Crippen molar-refractivity contribution in [2.75, 3.05) is 5.32 Å². The van der Waals surface area contributed by atoms with Crippen LogP contribution in [0.25, 0.3) is 11.4 Å². The molecule has 31 heavy (non-hydrogen) atoms. The molecule has 0 saturated carbocycles. The Labute approximate surface area is 176 Å². The summed E-state index contributed by atoms with van der Waals surface area (Å²) in [6.45, 7) is 3.22. The lowest BCUT2D eigenvalue weighted by Crippen LogP contribution is -2.54. The number of nitrogens with one attached hydrogen (secondary N) is 4. The second kappa shape index (κ2) is 10.6. The van der Waals surface area contributed by atoms with Crippen molar-refractivity contribution in [1.82, 2.24) is 31.3 Å². The van der Waals surface area contributed by atoms with E-state index in [4.69, 9.17) is 5.11 Å². The molecule has 13 nitrogen and oxygen atoms in total. The molecule has 0 spiro atoms. The van der Waals surface area contributed by atoms with E-state index in [9.17, 15) is 24.0 Å². The molecular weight excluding hydrogens is 410 g/mol. The molecule has 0 bridgehead atoms. The van der Waals surface area contributed by atoms with Crippen molar-refractivity contribution in [2.45, 2.75) is 32.4 Å². The van der Waals surface area contributed by atoms with E-state index in [0.29, 0.717) is 5.56 Å². The van der Waals surface area contributed by atoms with Crippen LogP contribution in [0.5, 0.6) is 0 Å². The Kier molecular flexibility index (Phi) is 7.88. The summed E-state index contributed by atoms with van der Waals surface area (Å²) in [5.74, 6) is -4.47. The number of aliphatic carboxylic acids is 1. The van der Waals surface area contributed by atoms with Gasteiger partial charge in [0.1, 0.15) is 12.3 Å². The SMILES string of the molecule is CC(C)[C@H](NC(=O)C(=O)Nc1ccccc1-c1nn[nH]n1)C(=O)N[C@H](C=O)CC(=O)O. The molecular formula is C18H21N7O6. The number of anilines is 1. The van der Waals surface area contributed by atoms with Gasteiger partial charge in [-0.3, -0.25) is 19.2 Å². The van der Waals surface area contributed by atoms with Crippen LogP contribution in [0.1, 0.15) is 20.3 Å². The molecule has 5 N–H and O–H groups in total. The van der Waals surface area contributed by atoms with E-state index < -0.39 is 48.1 Å². The Balaban J connectivity index is 2.08. The van der Waals surface area contributed by atoms with Gasteiger partial charge in [0.15, 0.2) is 0 Å². The van der Waals surface area contributed by atoms with Gasteiger partial charge in [-0.15, -0.1) is 10.2 Å². The number of carboxylic acid groups (broad SMARTS) is 1. The first-order chi connectivity index (χ1) is 14.7. The molecule has 0 radical (unpaired) electrons. The first kappa shape index (κ1) is 23.1. The number of amides is 3. The number of carboxylic acids is 1. The van der Waals surface area contributed by atoms with Crippen molar-refractivity contribution < 1.29 is 29.1 Å². The number of aromatic nitrogens is 4. The van der Waals surface area contributed by atoms with Crippen LogP contribution in [0.3, 0.4) is 0 Å². The molecule has 0 aliphatic carbocycles. The van der Waals surface area contributed by atoms with Crippen LogP contribution in [0.2, 0.25) is 0 Å². The molecule has 1 heterocycles. The molecule has 3 amide bonds. The van der Waals surface area contributed by atoms with Gasteiger partial charge in [-0.25, -0.2) is 0 Å². The van der Waals surface area contributed by atoms with E-state index >= 15 is 0 Å². The quantitative estimate of drug-likeness (QED) is 0.247. The Bertz CT molecular complexity index is 960. The number of H-pyrrole nitrogens is 1. The third-order valence-corrected chi connectivity index (χ3v) is 4.09. The molecule has 164 valence electrons. The highest BCUT2D eigenvalue weighted by Crippen LogP contribution is 2.23. The van der Waals surface area contributed by atoms with Crippen LogP contribution < -0.4 is 16.0 Å². The van der Waals surface area contributed by atoms with Crippen molar-refractivity contribution in [3.05, 3.63) is 24.3 Å². The van der Waals surface area contributed by atoms with Crippen molar-refractivity contribution in [1.29, 1.82) is 0 Å². The molecule has 1 aromatic carbocycles. The van der Waals surface area contributed by atoms with Gasteiger partial charge in [0.05, 0.1) is 18.2 Å². The number of nitrogens with zero attached hydrogens (tertiary/aromatic N) is 3. The van der Waals surface area contributed by atoms with Crippen molar-refractivity contribution >= 4 is 35.7 Å². The number of hydrogen-bond acceptors (Lipinski definition) is 8. The summed E-state index contributed by atoms with van der Waals surface area (Å²) in [6.07, 6.45) is -0.325. The average Bonchev–Trinajstić information content (AvgIpc) is 3.25. The molecule has 0 aliphatic heterocycles. The van der Waals surface area contributed by atoms with Gasteiger partial charge in [-0.2, -0.15) is 5.21 Å². The summed E-state index contributed by atoms with van der Waals surface area (Å²) < 4.78 is 0. The fourth-order valence-electron chi connectivity index (χ4n) is 2.58. The van der Waals surface area contributed by atoms with Crippen molar-refractivity contribution in [3.63, 3.8) is 0 Å². The third-order valence-electron chi connectivity index (χ3n) is 4.09. The highest BCUT2D eigenvalue weighted by Gasteiger charge is 2.29. The van der Waals surface area contributed by atoms with E-state index in [-0.39, 0.29) is 17.8 Å². The van der Waals surface area contributed by atoms with Crippen LogP contribution in [0.15, 0.2) is 24.3 Å². The zero-order chi connectivity index (χ0) is 23.0. The Morgan fingerprint density at radius 3 is 2.42 bits per heavy atom. The zero-order valence-electron chi connectivity index (χ0n) is 16.7. The Morgan fingerprint density at radius 1 is 1.13 bits per heavy atom. The van der Waals surface area contributed by atoms with Gasteiger partial charge < -0.3 is 25.9 Å². The van der Waals surface area contributed by atoms with Crippen molar-refractivity contribution in [2.24, 2.45) is 5.92 Å². The topological polar surface area (TPSA) is 196 Å². The predicted molar refractivity (Wildman–Crippen MR) is 105 cm³/mol. The number of para-hydroxylation sites is 1. The second-order valence-electron chi connectivity index (χ2n) is 6.78. The number of rotatable bonds is 9. The number of hydrogen-bond donors (Lipinski definition) is 5. The number of tetrazole rings is 1. The van der Waals surface area contributed by atoms with E-state index in [2.05, 4.69) is 36.6 Å². The molecule has 1 aromatic heterocycles. The van der Waals surface area contributed by atoms with Crippen LogP contribution in [0, 0.1) is 5.92 Å². The average molecular weight is 431 g/mol. The van der Waals surface area contributed by atoms with Gasteiger partial charge in [0.2, 0.25) is 11.7 Å². The monoisotopic (exact) mass is 431 g/mol. The third kappa shape index (κ3) is 6.42. The molecule has 0 saturated heterocycles. The maximum absolute atomic E-state index is 12.4. The molecule has 0 aliphatic rings. The minimum Gasteiger partial charge on any atom is -0.481 e. The zero-order valence-corrected chi connectivity index (χ0v) is 16.7. The second-order valence-corrected chi connectivity index (χ2v) is 6.78. The van der Waals surface area contributed by atoms with Gasteiger partial charge >= 0.3 is 17.8 Å². The Morgan fingerprint density at radius 2 is 1.84 bits per heavy atom. The maximum Gasteiger partial charge on any atom is 0.313 e. The van der Waals surface area contributed by atoms with Gasteiger partial charge in [-0.05, 0) is 23.3 Å². The van der Waals surface area contributed by atoms with E-state index in [1.54, 1.807) is 32.0 Å². The standard InChI is InChI=1S/C18H21N7O6/c1-9(2)14(16(29)19-10(8-26)7-13(27)28)21-18(31)17(30)20-12-6-4-3-5-11(12)15-22-24-25-23-15/h3-6,8-10,14H,7H2,1-2H3,(H,19,29)(H,20,30)(H,21,31)(H,27,28)(H,22,23,24,25)/t10-,14-/m0/s1. The highest BCUT2D eigenvalue weighted by atomic mass is 16.4. The lowest BCUT2D eigenvalue weighted by Gasteiger charge is -2.23. The minimum atomic E-state index is -1.28. The number of aldehydes is 1. The summed E-state index contributed by atoms with van der Waals surface area (Å²) in [7, 11) is 0. The Hall–Kier alpha value is -4.16. The number of aromatic amines is 1. The van der Waals surface area contributed by atoms with Crippen LogP contribution in [-0.4, -0.2) is 67.8 Å². The maximum atomic E-state index is 12.4. The van der Waals surface area contributed by atoms with Crippen LogP contribution in [0.4, 0.5) is 5.69 Å². The first-order valence-corrected chi connectivity index (χ1v) is 9.15. The van der Waals surface area contributed by atoms with E-state index in [1.807, 2.05) is 0 Å². The summed E-state index contributed by atoms with van der Waals surface area (Å²) >= 11 is 0. The molecule has 0 fully saturated rings. The first-order valence-electron chi connectivity index (χ1n) is 9.15. The summed E-state index contributed by atoms with van der Waals surface area (Å²) in [5, 5.41) is 29.1. The summed E-state index contributed by atoms with van der Waals surface area (Å²) in [6, 6.07) is 4.01. The smallest absolute Gasteiger partial charge is 0.313 e. The largest absolute Gasteiger partial charge is 0.481 e. The molecule has 2 rings (SSSR count). The summed E-state index contributed by atoms with van der Waals surface area (Å²) in [5.41, 5.74) is 0.662. The lowest BCUT2D eigenvalue weighted by atomic mass is 10.0. The fourth-order valence-corrected chi connectivity index (χ4v) is 2.58. The van der Waals surface area contributed by atoms with Crippen LogP contribution >= 0.6 is 0 Å². The number of carbonyl (C=O) groups is 5. The molecule has 0 unspecified atom stereocenters. The van der Waals surface area contributed by atoms with Gasteiger partial charge in [0, 0.05) is 5.56 Å². The fraction of sp³-hybridized carbons (Fsp3) is 0.333. The van der Waals surface area contributed by atoms with Crippen LogP contribution in [-0.2, 0) is 24.0 Å². The summed E-state index contributed by atoms with van der Waals surface area (Å²) in [4.78, 5) is 58.9. The normalized spacial score (nSPS) is 12.5. The molecule has 13 heteroatoms. The minimum absolute atomic E-state index is 0.203. The number of benzene rings is 1. The van der Waals surface area contributed by atoms with Gasteiger partial charge in [0.25, 0.3) is 0 Å². The van der Waals surface area contributed by atoms with E-state index in [1.165, 1.54) is 6.07 Å². The lowest BCUT2D eigenvalue weighted by molar-refractivity contribution is -0.140. The number of carbonyl (C=O) groups excluding carboxylic acids is 4. The molecule has 2 atom stereocenters. The highest BCUT2D eigenvalue weighted by molar-refractivity contribution is 6.40. The van der Waals surface area contributed by atoms with Crippen molar-refractivity contribution in [3.8, 4) is 11.4 Å². The predicted octanol–water partition coefficient (Wildman–Crippen LogP) is -0.896. The van der Waals surface area contributed by atoms with E-state index in [0.717, 1.165) is 0 Å². The molecule has 2 aromatic rings. The van der Waals surface area contributed by atoms with Gasteiger partial charge in [-0.1, -0.05) is 26.0 Å².